The highest BCUT2D eigenvalue weighted by molar-refractivity contribution is 5.81. The topological polar surface area (TPSA) is 74.7 Å². The molecule has 31 heavy (non-hydrogen) atoms. The lowest BCUT2D eigenvalue weighted by Gasteiger charge is -2.09. The Morgan fingerprint density at radius 3 is 2.06 bits per heavy atom. The van der Waals surface area contributed by atoms with Crippen molar-refractivity contribution in [2.24, 2.45) is 0 Å². The fraction of sp³-hybridized carbons (Fsp3) is 0.105. The number of hydrogen-bond donors (Lipinski definition) is 2. The Balaban J connectivity index is 1.90. The lowest BCUT2D eigenvalue weighted by atomic mass is 10.1. The van der Waals surface area contributed by atoms with Gasteiger partial charge < -0.3 is 10.1 Å². The molecule has 160 valence electrons. The molecule has 0 amide bonds. The van der Waals surface area contributed by atoms with E-state index in [2.05, 4.69) is 19.9 Å². The van der Waals surface area contributed by atoms with Crippen LogP contribution in [0, 0.1) is 5.82 Å². The average Bonchev–Trinajstić information content (AvgIpc) is 3.09. The number of aromatic hydroxyl groups is 1. The van der Waals surface area contributed by atoms with Gasteiger partial charge in [0.2, 0.25) is 0 Å². The molecular formula is C19H9F7N4O. The van der Waals surface area contributed by atoms with Gasteiger partial charge in [-0.25, -0.2) is 19.3 Å². The van der Waals surface area contributed by atoms with Crippen molar-refractivity contribution in [1.82, 2.24) is 19.9 Å². The Bertz CT molecular complexity index is 1280. The molecule has 0 atom stereocenters. The number of alkyl halides is 6. The van der Waals surface area contributed by atoms with Crippen LogP contribution >= 0.6 is 0 Å². The van der Waals surface area contributed by atoms with Crippen molar-refractivity contribution in [2.75, 3.05) is 0 Å². The number of rotatable bonds is 2. The van der Waals surface area contributed by atoms with E-state index in [-0.39, 0.29) is 22.8 Å². The van der Waals surface area contributed by atoms with Gasteiger partial charge in [0.25, 0.3) is 0 Å². The van der Waals surface area contributed by atoms with Crippen LogP contribution in [0.5, 0.6) is 5.75 Å². The smallest absolute Gasteiger partial charge is 0.435 e. The molecule has 2 N–H and O–H groups in total. The average molecular weight is 442 g/mol. The summed E-state index contributed by atoms with van der Waals surface area (Å²) in [6.45, 7) is 0. The highest BCUT2D eigenvalue weighted by Gasteiger charge is 2.37. The molecule has 0 bridgehead atoms. The molecular weight excluding hydrogens is 433 g/mol. The summed E-state index contributed by atoms with van der Waals surface area (Å²) in [6.07, 6.45) is -9.65. The minimum absolute atomic E-state index is 0.0933. The number of nitrogens with one attached hydrogen (secondary N) is 1. The van der Waals surface area contributed by atoms with Crippen LogP contribution < -0.4 is 0 Å². The molecule has 0 saturated heterocycles. The zero-order valence-corrected chi connectivity index (χ0v) is 15.0. The van der Waals surface area contributed by atoms with Gasteiger partial charge in [-0.15, -0.1) is 0 Å². The van der Waals surface area contributed by atoms with Crippen molar-refractivity contribution < 1.29 is 35.8 Å². The summed E-state index contributed by atoms with van der Waals surface area (Å²) in [6, 6.07) is 6.37. The first-order valence-corrected chi connectivity index (χ1v) is 8.45. The number of nitrogens with zero attached hydrogens (tertiary/aromatic N) is 3. The van der Waals surface area contributed by atoms with Gasteiger partial charge in [0.15, 0.2) is 17.2 Å². The second-order valence-electron chi connectivity index (χ2n) is 6.41. The summed E-state index contributed by atoms with van der Waals surface area (Å²) in [5, 5.41) is 9.97. The van der Waals surface area contributed by atoms with Crippen molar-refractivity contribution >= 4 is 11.2 Å². The number of H-pyrrole nitrogens is 1. The standard InChI is InChI=1S/C19H9F7N4O/c20-10-4-1-8(2-5-10)15-28-14(19(24,25)26)13-17(29-15)30-16(27-13)11-6-3-9(7-12(11)31)18(21,22)23/h1-7,31H,(H,27,28,29,30). The lowest BCUT2D eigenvalue weighted by Crippen LogP contribution is -2.11. The summed E-state index contributed by atoms with van der Waals surface area (Å²) >= 11 is 0. The van der Waals surface area contributed by atoms with Crippen molar-refractivity contribution in [3.8, 4) is 28.5 Å². The van der Waals surface area contributed by atoms with Gasteiger partial charge in [0.05, 0.1) is 11.1 Å². The Kier molecular flexibility index (Phi) is 4.60. The maximum absolute atomic E-state index is 13.6. The van der Waals surface area contributed by atoms with Crippen LogP contribution in [-0.4, -0.2) is 25.0 Å². The molecule has 0 aliphatic heterocycles. The zero-order valence-electron chi connectivity index (χ0n) is 15.0. The monoisotopic (exact) mass is 442 g/mol. The molecule has 12 heteroatoms. The third kappa shape index (κ3) is 3.88. The second-order valence-corrected chi connectivity index (χ2v) is 6.41. The largest absolute Gasteiger partial charge is 0.507 e. The van der Waals surface area contributed by atoms with E-state index in [1.165, 1.54) is 12.1 Å². The fourth-order valence-electron chi connectivity index (χ4n) is 2.87. The van der Waals surface area contributed by atoms with Crippen LogP contribution in [-0.2, 0) is 12.4 Å². The van der Waals surface area contributed by atoms with E-state index < -0.39 is 46.3 Å². The van der Waals surface area contributed by atoms with E-state index in [0.29, 0.717) is 12.1 Å². The number of imidazole rings is 1. The van der Waals surface area contributed by atoms with Gasteiger partial charge in [0, 0.05) is 5.56 Å². The first-order chi connectivity index (χ1) is 14.4. The number of phenolic OH excluding ortho intramolecular Hbond substituents is 1. The molecule has 5 nitrogen and oxygen atoms in total. The van der Waals surface area contributed by atoms with Gasteiger partial charge in [-0.3, -0.25) is 0 Å². The third-order valence-corrected chi connectivity index (χ3v) is 4.30. The van der Waals surface area contributed by atoms with Crippen molar-refractivity contribution in [3.63, 3.8) is 0 Å². The van der Waals surface area contributed by atoms with Crippen LogP contribution in [0.25, 0.3) is 33.9 Å². The minimum atomic E-state index is -4.93. The summed E-state index contributed by atoms with van der Waals surface area (Å²) in [7, 11) is 0. The molecule has 0 spiro atoms. The number of aromatic nitrogens is 4. The van der Waals surface area contributed by atoms with Gasteiger partial charge in [-0.1, -0.05) is 0 Å². The summed E-state index contributed by atoms with van der Waals surface area (Å²) in [5.74, 6) is -2.17. The summed E-state index contributed by atoms with van der Waals surface area (Å²) < 4.78 is 92.2. The Hall–Kier alpha value is -3.70. The number of hydrogen-bond acceptors (Lipinski definition) is 4. The number of aromatic amines is 1. The van der Waals surface area contributed by atoms with E-state index in [1.54, 1.807) is 0 Å². The molecule has 0 aliphatic carbocycles. The maximum atomic E-state index is 13.6. The summed E-state index contributed by atoms with van der Waals surface area (Å²) in [5.41, 5.74) is -3.73. The van der Waals surface area contributed by atoms with Crippen LogP contribution in [0.15, 0.2) is 42.5 Å². The van der Waals surface area contributed by atoms with E-state index in [4.69, 9.17) is 0 Å². The van der Waals surface area contributed by atoms with Gasteiger partial charge in [-0.2, -0.15) is 26.3 Å². The lowest BCUT2D eigenvalue weighted by molar-refractivity contribution is -0.140. The van der Waals surface area contributed by atoms with Gasteiger partial charge in [0.1, 0.15) is 22.9 Å². The Labute approximate surface area is 168 Å². The number of phenols is 1. The van der Waals surface area contributed by atoms with E-state index in [0.717, 1.165) is 18.2 Å². The number of fused-ring (bicyclic) bond motifs is 1. The van der Waals surface area contributed by atoms with Crippen LogP contribution in [0.1, 0.15) is 11.3 Å². The Morgan fingerprint density at radius 2 is 1.48 bits per heavy atom. The highest BCUT2D eigenvalue weighted by atomic mass is 19.4. The van der Waals surface area contributed by atoms with Crippen molar-refractivity contribution in [2.45, 2.75) is 12.4 Å². The molecule has 0 radical (unpaired) electrons. The quantitative estimate of drug-likeness (QED) is 0.398. The fourth-order valence-corrected chi connectivity index (χ4v) is 2.87. The molecule has 2 aromatic carbocycles. The minimum Gasteiger partial charge on any atom is -0.507 e. The molecule has 0 fully saturated rings. The van der Waals surface area contributed by atoms with E-state index in [1.807, 2.05) is 0 Å². The first-order valence-electron chi connectivity index (χ1n) is 8.45. The summed E-state index contributed by atoms with van der Waals surface area (Å²) in [4.78, 5) is 13.7. The first kappa shape index (κ1) is 20.6. The molecule has 4 aromatic rings. The predicted molar refractivity (Wildman–Crippen MR) is 94.2 cm³/mol. The number of halogens is 7. The van der Waals surface area contributed by atoms with Gasteiger partial charge in [-0.05, 0) is 42.5 Å². The van der Waals surface area contributed by atoms with Crippen LogP contribution in [0.3, 0.4) is 0 Å². The van der Waals surface area contributed by atoms with Crippen molar-refractivity contribution in [1.29, 1.82) is 0 Å². The predicted octanol–water partition coefficient (Wildman–Crippen LogP) is 5.57. The maximum Gasteiger partial charge on any atom is 0.435 e. The van der Waals surface area contributed by atoms with Crippen LogP contribution in [0.2, 0.25) is 0 Å². The molecule has 0 saturated carbocycles. The molecule has 4 rings (SSSR count). The normalized spacial score (nSPS) is 12.5. The third-order valence-electron chi connectivity index (χ3n) is 4.30. The Morgan fingerprint density at radius 1 is 0.806 bits per heavy atom. The number of benzene rings is 2. The highest BCUT2D eigenvalue weighted by Crippen LogP contribution is 2.38. The zero-order chi connectivity index (χ0) is 22.6. The SMILES string of the molecule is Oc1cc(C(F)(F)F)ccc1-c1nc2nc(-c3ccc(F)cc3)nc(C(F)(F)F)c2[nH]1. The molecule has 2 heterocycles. The van der Waals surface area contributed by atoms with E-state index in [9.17, 15) is 35.8 Å². The second kappa shape index (κ2) is 6.93. The molecule has 0 unspecified atom stereocenters. The molecule has 2 aromatic heterocycles. The van der Waals surface area contributed by atoms with Gasteiger partial charge >= 0.3 is 12.4 Å². The van der Waals surface area contributed by atoms with Crippen molar-refractivity contribution in [3.05, 3.63) is 59.5 Å². The van der Waals surface area contributed by atoms with E-state index >= 15 is 0 Å². The van der Waals surface area contributed by atoms with Crippen LogP contribution in [0.4, 0.5) is 30.7 Å². The molecule has 0 aliphatic rings.